The van der Waals surface area contributed by atoms with Gasteiger partial charge in [-0.1, -0.05) is 6.92 Å². The highest BCUT2D eigenvalue weighted by Crippen LogP contribution is 2.07. The second-order valence-corrected chi connectivity index (χ2v) is 3.40. The molecule has 4 heteroatoms. The number of hydroxylamine groups is 2. The van der Waals surface area contributed by atoms with E-state index in [1.54, 1.807) is 0 Å². The molecule has 82 valence electrons. The van der Waals surface area contributed by atoms with Crippen LogP contribution < -0.4 is 0 Å². The summed E-state index contributed by atoms with van der Waals surface area (Å²) >= 11 is 0. The number of carbonyl (C=O) groups excluding carboxylic acids is 1. The highest BCUT2D eigenvalue weighted by atomic mass is 16.7. The van der Waals surface area contributed by atoms with Crippen molar-refractivity contribution in [2.75, 3.05) is 26.4 Å². The van der Waals surface area contributed by atoms with Crippen LogP contribution in [0.15, 0.2) is 0 Å². The van der Waals surface area contributed by atoms with Crippen LogP contribution in [0.3, 0.4) is 0 Å². The van der Waals surface area contributed by atoms with Crippen LogP contribution in [0, 0.1) is 0 Å². The Labute approximate surface area is 85.1 Å². The zero-order chi connectivity index (χ0) is 10.2. The molecule has 0 saturated carbocycles. The van der Waals surface area contributed by atoms with Crippen molar-refractivity contribution in [3.8, 4) is 0 Å². The zero-order valence-electron chi connectivity index (χ0n) is 8.83. The molecule has 1 amide bonds. The van der Waals surface area contributed by atoms with Crippen LogP contribution in [-0.4, -0.2) is 37.3 Å². The smallest absolute Gasteiger partial charge is 0.248 e. The number of hydrogen-bond donors (Lipinski definition) is 0. The topological polar surface area (TPSA) is 38.8 Å². The van der Waals surface area contributed by atoms with Gasteiger partial charge in [-0.15, -0.1) is 0 Å². The molecule has 1 rings (SSSR count). The number of amides is 1. The Hall–Kier alpha value is -0.610. The maximum atomic E-state index is 11.5. The molecule has 0 radical (unpaired) electrons. The predicted octanol–water partition coefficient (Wildman–Crippen LogP) is 1.36. The van der Waals surface area contributed by atoms with Crippen LogP contribution in [0.2, 0.25) is 0 Å². The largest absolute Gasteiger partial charge is 0.381 e. The lowest BCUT2D eigenvalue weighted by atomic mass is 10.3. The van der Waals surface area contributed by atoms with Gasteiger partial charge in [-0.25, -0.2) is 5.06 Å². The van der Waals surface area contributed by atoms with Crippen molar-refractivity contribution >= 4 is 5.91 Å². The third kappa shape index (κ3) is 4.07. The van der Waals surface area contributed by atoms with Gasteiger partial charge < -0.3 is 4.74 Å². The average Bonchev–Trinajstić information content (AvgIpc) is 2.25. The van der Waals surface area contributed by atoms with Gasteiger partial charge in [0.05, 0.1) is 19.6 Å². The van der Waals surface area contributed by atoms with E-state index in [1.165, 1.54) is 5.06 Å². The molecule has 0 aliphatic carbocycles. The van der Waals surface area contributed by atoms with E-state index < -0.39 is 0 Å². The van der Waals surface area contributed by atoms with Gasteiger partial charge in [0.2, 0.25) is 5.91 Å². The van der Waals surface area contributed by atoms with Crippen LogP contribution in [-0.2, 0) is 14.4 Å². The standard InChI is InChI=1S/C10H19NO3/c1-2-7-13-9-5-10(12)11-6-3-4-8-14-11/h2-9H2,1H3. The molecule has 0 unspecified atom stereocenters. The summed E-state index contributed by atoms with van der Waals surface area (Å²) in [6, 6.07) is 0. The van der Waals surface area contributed by atoms with E-state index in [2.05, 4.69) is 6.92 Å². The van der Waals surface area contributed by atoms with Crippen molar-refractivity contribution in [1.82, 2.24) is 5.06 Å². The van der Waals surface area contributed by atoms with Crippen molar-refractivity contribution in [1.29, 1.82) is 0 Å². The van der Waals surface area contributed by atoms with E-state index in [0.29, 0.717) is 19.6 Å². The predicted molar refractivity (Wildman–Crippen MR) is 52.6 cm³/mol. The minimum Gasteiger partial charge on any atom is -0.381 e. The van der Waals surface area contributed by atoms with Crippen molar-refractivity contribution in [3.63, 3.8) is 0 Å². The van der Waals surface area contributed by atoms with Crippen LogP contribution in [0.4, 0.5) is 0 Å². The maximum Gasteiger partial charge on any atom is 0.248 e. The fraction of sp³-hybridized carbons (Fsp3) is 0.900. The molecule has 1 aliphatic heterocycles. The van der Waals surface area contributed by atoms with Crippen LogP contribution in [0.25, 0.3) is 0 Å². The summed E-state index contributed by atoms with van der Waals surface area (Å²) < 4.78 is 5.24. The molecular weight excluding hydrogens is 182 g/mol. The molecule has 0 aromatic rings. The van der Waals surface area contributed by atoms with Crippen molar-refractivity contribution < 1.29 is 14.4 Å². The molecule has 0 bridgehead atoms. The molecule has 0 N–H and O–H groups in total. The SMILES string of the molecule is CCCOCCC(=O)N1CCCCO1. The van der Waals surface area contributed by atoms with E-state index in [-0.39, 0.29) is 5.91 Å². The molecule has 1 aliphatic rings. The fourth-order valence-electron chi connectivity index (χ4n) is 1.32. The molecular formula is C10H19NO3. The number of ether oxygens (including phenoxy) is 1. The Morgan fingerprint density at radius 2 is 2.29 bits per heavy atom. The summed E-state index contributed by atoms with van der Waals surface area (Å²) in [7, 11) is 0. The first-order valence-corrected chi connectivity index (χ1v) is 5.35. The van der Waals surface area contributed by atoms with Crippen LogP contribution in [0.5, 0.6) is 0 Å². The van der Waals surface area contributed by atoms with E-state index in [1.807, 2.05) is 0 Å². The highest BCUT2D eigenvalue weighted by Gasteiger charge is 2.16. The molecule has 1 saturated heterocycles. The minimum atomic E-state index is 0.0424. The van der Waals surface area contributed by atoms with Crippen molar-refractivity contribution in [2.45, 2.75) is 32.6 Å². The number of nitrogens with zero attached hydrogens (tertiary/aromatic N) is 1. The maximum absolute atomic E-state index is 11.5. The Balaban J connectivity index is 2.07. The lowest BCUT2D eigenvalue weighted by Gasteiger charge is -2.25. The summed E-state index contributed by atoms with van der Waals surface area (Å²) in [6.45, 7) is 4.68. The van der Waals surface area contributed by atoms with E-state index in [9.17, 15) is 4.79 Å². The van der Waals surface area contributed by atoms with E-state index in [0.717, 1.165) is 32.4 Å². The number of rotatable bonds is 5. The van der Waals surface area contributed by atoms with Crippen molar-refractivity contribution in [3.05, 3.63) is 0 Å². The van der Waals surface area contributed by atoms with Crippen molar-refractivity contribution in [2.24, 2.45) is 0 Å². The van der Waals surface area contributed by atoms with Gasteiger partial charge in [-0.2, -0.15) is 0 Å². The molecule has 1 heterocycles. The third-order valence-corrected chi connectivity index (χ3v) is 2.09. The Morgan fingerprint density at radius 1 is 1.43 bits per heavy atom. The Kier molecular flexibility index (Phi) is 5.56. The molecule has 0 atom stereocenters. The van der Waals surface area contributed by atoms with Gasteiger partial charge in [0.15, 0.2) is 0 Å². The normalized spacial score (nSPS) is 17.1. The van der Waals surface area contributed by atoms with Crippen LogP contribution in [0.1, 0.15) is 32.6 Å². The first-order chi connectivity index (χ1) is 6.84. The lowest BCUT2D eigenvalue weighted by molar-refractivity contribution is -0.197. The third-order valence-electron chi connectivity index (χ3n) is 2.09. The molecule has 1 fully saturated rings. The van der Waals surface area contributed by atoms with Gasteiger partial charge in [0, 0.05) is 13.2 Å². The summed E-state index contributed by atoms with van der Waals surface area (Å²) in [5.41, 5.74) is 0. The molecule has 0 aromatic carbocycles. The Morgan fingerprint density at radius 3 is 2.93 bits per heavy atom. The highest BCUT2D eigenvalue weighted by molar-refractivity contribution is 5.75. The van der Waals surface area contributed by atoms with Gasteiger partial charge in [-0.05, 0) is 19.3 Å². The summed E-state index contributed by atoms with van der Waals surface area (Å²) in [5, 5.41) is 1.47. The number of hydrogen-bond acceptors (Lipinski definition) is 3. The molecule has 14 heavy (non-hydrogen) atoms. The lowest BCUT2D eigenvalue weighted by Crippen LogP contribution is -2.36. The zero-order valence-corrected chi connectivity index (χ0v) is 8.83. The summed E-state index contributed by atoms with van der Waals surface area (Å²) in [5.74, 6) is 0.0424. The molecule has 0 aromatic heterocycles. The minimum absolute atomic E-state index is 0.0424. The van der Waals surface area contributed by atoms with E-state index >= 15 is 0 Å². The van der Waals surface area contributed by atoms with Crippen LogP contribution >= 0.6 is 0 Å². The number of carbonyl (C=O) groups is 1. The Bertz CT molecular complexity index is 167. The monoisotopic (exact) mass is 201 g/mol. The summed E-state index contributed by atoms with van der Waals surface area (Å²) in [4.78, 5) is 16.7. The van der Waals surface area contributed by atoms with Gasteiger partial charge >= 0.3 is 0 Å². The molecule has 4 nitrogen and oxygen atoms in total. The first-order valence-electron chi connectivity index (χ1n) is 5.35. The summed E-state index contributed by atoms with van der Waals surface area (Å²) in [6.07, 6.45) is 3.52. The van der Waals surface area contributed by atoms with Gasteiger partial charge in [0.1, 0.15) is 0 Å². The quantitative estimate of drug-likeness (QED) is 0.630. The second-order valence-electron chi connectivity index (χ2n) is 3.40. The second kappa shape index (κ2) is 6.79. The average molecular weight is 201 g/mol. The van der Waals surface area contributed by atoms with Gasteiger partial charge in [0.25, 0.3) is 0 Å². The first kappa shape index (κ1) is 11.5. The molecule has 0 spiro atoms. The fourth-order valence-corrected chi connectivity index (χ4v) is 1.32. The van der Waals surface area contributed by atoms with E-state index in [4.69, 9.17) is 9.57 Å². The van der Waals surface area contributed by atoms with Gasteiger partial charge in [-0.3, -0.25) is 9.63 Å².